The second kappa shape index (κ2) is 3.61. The SMILES string of the molecule is Cn1ncc(N2CCCNC2=O)c1Br. The lowest BCUT2D eigenvalue weighted by Gasteiger charge is -2.26. The lowest BCUT2D eigenvalue weighted by molar-refractivity contribution is 0.243. The Balaban J connectivity index is 2.29. The summed E-state index contributed by atoms with van der Waals surface area (Å²) in [4.78, 5) is 13.2. The van der Waals surface area contributed by atoms with Crippen molar-refractivity contribution in [2.24, 2.45) is 7.05 Å². The van der Waals surface area contributed by atoms with E-state index in [1.165, 1.54) is 0 Å². The van der Waals surface area contributed by atoms with E-state index in [-0.39, 0.29) is 6.03 Å². The average Bonchev–Trinajstić information content (AvgIpc) is 2.49. The Morgan fingerprint density at radius 2 is 2.43 bits per heavy atom. The largest absolute Gasteiger partial charge is 0.338 e. The monoisotopic (exact) mass is 258 g/mol. The van der Waals surface area contributed by atoms with Crippen molar-refractivity contribution in [1.82, 2.24) is 15.1 Å². The normalized spacial score (nSPS) is 17.0. The van der Waals surface area contributed by atoms with E-state index in [9.17, 15) is 4.79 Å². The highest BCUT2D eigenvalue weighted by molar-refractivity contribution is 9.10. The van der Waals surface area contributed by atoms with Crippen LogP contribution in [0.15, 0.2) is 10.8 Å². The Morgan fingerprint density at radius 3 is 3.00 bits per heavy atom. The highest BCUT2D eigenvalue weighted by Gasteiger charge is 2.22. The van der Waals surface area contributed by atoms with Crippen molar-refractivity contribution in [1.29, 1.82) is 0 Å². The van der Waals surface area contributed by atoms with Crippen molar-refractivity contribution in [3.05, 3.63) is 10.8 Å². The summed E-state index contributed by atoms with van der Waals surface area (Å²) in [5.74, 6) is 0. The number of aromatic nitrogens is 2. The van der Waals surface area contributed by atoms with Gasteiger partial charge in [0.05, 0.1) is 11.9 Å². The number of amides is 2. The second-order valence-corrected chi connectivity index (χ2v) is 3.93. The summed E-state index contributed by atoms with van der Waals surface area (Å²) in [6, 6.07) is -0.0510. The summed E-state index contributed by atoms with van der Waals surface area (Å²) in [7, 11) is 1.83. The predicted octanol–water partition coefficient (Wildman–Crippen LogP) is 1.10. The maximum atomic E-state index is 11.5. The zero-order chi connectivity index (χ0) is 10.1. The topological polar surface area (TPSA) is 50.2 Å². The maximum Gasteiger partial charge on any atom is 0.322 e. The second-order valence-electron chi connectivity index (χ2n) is 3.18. The third kappa shape index (κ3) is 1.50. The summed E-state index contributed by atoms with van der Waals surface area (Å²) in [6.07, 6.45) is 2.65. The zero-order valence-corrected chi connectivity index (χ0v) is 9.41. The molecule has 6 heteroatoms. The molecule has 1 aromatic rings. The first kappa shape index (κ1) is 9.51. The first-order valence-corrected chi connectivity index (χ1v) is 5.22. The van der Waals surface area contributed by atoms with Crippen molar-refractivity contribution in [3.8, 4) is 0 Å². The molecule has 1 aliphatic rings. The lowest BCUT2D eigenvalue weighted by Crippen LogP contribution is -2.46. The number of urea groups is 1. The fourth-order valence-corrected chi connectivity index (χ4v) is 1.86. The van der Waals surface area contributed by atoms with Crippen molar-refractivity contribution in [2.75, 3.05) is 18.0 Å². The van der Waals surface area contributed by atoms with Crippen LogP contribution in [0, 0.1) is 0 Å². The molecule has 2 heterocycles. The Kier molecular flexibility index (Phi) is 2.45. The molecule has 0 spiro atoms. The van der Waals surface area contributed by atoms with E-state index in [0.29, 0.717) is 0 Å². The molecule has 1 N–H and O–H groups in total. The third-order valence-corrected chi connectivity index (χ3v) is 3.14. The first-order chi connectivity index (χ1) is 6.70. The lowest BCUT2D eigenvalue weighted by atomic mass is 10.3. The van der Waals surface area contributed by atoms with Gasteiger partial charge in [-0.2, -0.15) is 5.10 Å². The van der Waals surface area contributed by atoms with Crippen LogP contribution in [0.25, 0.3) is 0 Å². The van der Waals surface area contributed by atoms with Crippen LogP contribution < -0.4 is 10.2 Å². The Morgan fingerprint density at radius 1 is 1.64 bits per heavy atom. The average molecular weight is 259 g/mol. The fourth-order valence-electron chi connectivity index (χ4n) is 1.45. The first-order valence-electron chi connectivity index (χ1n) is 4.43. The van der Waals surface area contributed by atoms with E-state index >= 15 is 0 Å². The van der Waals surface area contributed by atoms with Gasteiger partial charge in [-0.15, -0.1) is 0 Å². The van der Waals surface area contributed by atoms with Gasteiger partial charge in [-0.25, -0.2) is 4.79 Å². The van der Waals surface area contributed by atoms with Crippen LogP contribution in [0.2, 0.25) is 0 Å². The van der Waals surface area contributed by atoms with Gasteiger partial charge in [-0.1, -0.05) is 0 Å². The molecular weight excluding hydrogens is 248 g/mol. The number of nitrogens with zero attached hydrogens (tertiary/aromatic N) is 3. The highest BCUT2D eigenvalue weighted by Crippen LogP contribution is 2.26. The van der Waals surface area contributed by atoms with Crippen molar-refractivity contribution >= 4 is 27.6 Å². The van der Waals surface area contributed by atoms with E-state index in [1.807, 2.05) is 7.05 Å². The minimum absolute atomic E-state index is 0.0510. The number of carbonyl (C=O) groups is 1. The van der Waals surface area contributed by atoms with Crippen LogP contribution in [-0.2, 0) is 7.05 Å². The maximum absolute atomic E-state index is 11.5. The van der Waals surface area contributed by atoms with E-state index in [0.717, 1.165) is 29.8 Å². The number of halogens is 1. The summed E-state index contributed by atoms with van der Waals surface area (Å²) >= 11 is 3.39. The number of nitrogens with one attached hydrogen (secondary N) is 1. The molecule has 2 rings (SSSR count). The van der Waals surface area contributed by atoms with Gasteiger partial charge in [0, 0.05) is 20.1 Å². The summed E-state index contributed by atoms with van der Waals surface area (Å²) < 4.78 is 2.52. The molecule has 1 aliphatic heterocycles. The number of anilines is 1. The molecule has 5 nitrogen and oxygen atoms in total. The van der Waals surface area contributed by atoms with Gasteiger partial charge in [0.15, 0.2) is 0 Å². The van der Waals surface area contributed by atoms with Crippen LogP contribution in [0.4, 0.5) is 10.5 Å². The Labute approximate surface area is 90.2 Å². The van der Waals surface area contributed by atoms with Crippen LogP contribution >= 0.6 is 15.9 Å². The molecule has 76 valence electrons. The van der Waals surface area contributed by atoms with Gasteiger partial charge in [-0.05, 0) is 22.4 Å². The molecule has 1 fully saturated rings. The smallest absolute Gasteiger partial charge is 0.322 e. The van der Waals surface area contributed by atoms with Crippen LogP contribution in [-0.4, -0.2) is 28.9 Å². The van der Waals surface area contributed by atoms with Gasteiger partial charge >= 0.3 is 6.03 Å². The molecular formula is C8H11BrN4O. The molecule has 14 heavy (non-hydrogen) atoms. The minimum Gasteiger partial charge on any atom is -0.338 e. The molecule has 0 aromatic carbocycles. The van der Waals surface area contributed by atoms with E-state index < -0.39 is 0 Å². The zero-order valence-electron chi connectivity index (χ0n) is 7.83. The van der Waals surface area contributed by atoms with Crippen LogP contribution in [0.1, 0.15) is 6.42 Å². The third-order valence-electron chi connectivity index (χ3n) is 2.22. The highest BCUT2D eigenvalue weighted by atomic mass is 79.9. The molecule has 2 amide bonds. The van der Waals surface area contributed by atoms with Gasteiger partial charge in [0.2, 0.25) is 0 Å². The summed E-state index contributed by atoms with van der Waals surface area (Å²) in [5.41, 5.74) is 0.824. The number of hydrogen-bond acceptors (Lipinski definition) is 2. The predicted molar refractivity (Wildman–Crippen MR) is 56.3 cm³/mol. The van der Waals surface area contributed by atoms with Gasteiger partial charge in [0.25, 0.3) is 0 Å². The molecule has 0 saturated carbocycles. The molecule has 0 unspecified atom stereocenters. The van der Waals surface area contributed by atoms with Crippen molar-refractivity contribution in [3.63, 3.8) is 0 Å². The molecule has 0 radical (unpaired) electrons. The van der Waals surface area contributed by atoms with Crippen molar-refractivity contribution < 1.29 is 4.79 Å². The Bertz CT molecular complexity index is 362. The molecule has 1 saturated heterocycles. The fraction of sp³-hybridized carbons (Fsp3) is 0.500. The standard InChI is InChI=1S/C8H11BrN4O/c1-12-7(9)6(5-11-12)13-4-2-3-10-8(13)14/h5H,2-4H2,1H3,(H,10,14). The summed E-state index contributed by atoms with van der Waals surface area (Å²) in [6.45, 7) is 1.50. The van der Waals surface area contributed by atoms with E-state index in [2.05, 4.69) is 26.3 Å². The summed E-state index contributed by atoms with van der Waals surface area (Å²) in [5, 5.41) is 6.87. The molecule has 1 aromatic heterocycles. The van der Waals surface area contributed by atoms with Crippen LogP contribution in [0.3, 0.4) is 0 Å². The number of carbonyl (C=O) groups excluding carboxylic acids is 1. The molecule has 0 bridgehead atoms. The van der Waals surface area contributed by atoms with E-state index in [1.54, 1.807) is 15.8 Å². The molecule has 0 atom stereocenters. The van der Waals surface area contributed by atoms with Gasteiger partial charge < -0.3 is 5.32 Å². The quantitative estimate of drug-likeness (QED) is 0.821. The number of hydrogen-bond donors (Lipinski definition) is 1. The number of aryl methyl sites for hydroxylation is 1. The molecule has 0 aliphatic carbocycles. The van der Waals surface area contributed by atoms with Crippen molar-refractivity contribution in [2.45, 2.75) is 6.42 Å². The Hall–Kier alpha value is -1.04. The van der Waals surface area contributed by atoms with Gasteiger partial charge in [0.1, 0.15) is 4.60 Å². The van der Waals surface area contributed by atoms with Gasteiger partial charge in [-0.3, -0.25) is 9.58 Å². The van der Waals surface area contributed by atoms with Crippen LogP contribution in [0.5, 0.6) is 0 Å². The number of rotatable bonds is 1. The minimum atomic E-state index is -0.0510. The van der Waals surface area contributed by atoms with E-state index in [4.69, 9.17) is 0 Å².